The van der Waals surface area contributed by atoms with Gasteiger partial charge in [-0.05, 0) is 18.6 Å². The highest BCUT2D eigenvalue weighted by Gasteiger charge is 2.09. The third kappa shape index (κ3) is 2.07. The Morgan fingerprint density at radius 1 is 1.71 bits per heavy atom. The maximum absolute atomic E-state index is 11.0. The van der Waals surface area contributed by atoms with Crippen LogP contribution in [0.25, 0.3) is 0 Å². The van der Waals surface area contributed by atoms with Gasteiger partial charge in [0.15, 0.2) is 0 Å². The van der Waals surface area contributed by atoms with Crippen molar-refractivity contribution >= 4 is 5.97 Å². The van der Waals surface area contributed by atoms with Crippen molar-refractivity contribution in [3.8, 4) is 6.07 Å². The Bertz CT molecular complexity index is 394. The molecule has 0 aliphatic rings. The minimum atomic E-state index is -0.355. The molecule has 4 nitrogen and oxygen atoms in total. The minimum Gasteiger partial charge on any atom is -0.469 e. The molecule has 0 N–H and O–H groups in total. The van der Waals surface area contributed by atoms with Gasteiger partial charge in [0.25, 0.3) is 0 Å². The Morgan fingerprint density at radius 3 is 3.00 bits per heavy atom. The summed E-state index contributed by atoms with van der Waals surface area (Å²) in [4.78, 5) is 15.0. The largest absolute Gasteiger partial charge is 0.469 e. The molecule has 1 rings (SSSR count). The van der Waals surface area contributed by atoms with Gasteiger partial charge in [-0.25, -0.2) is 0 Å². The summed E-state index contributed by atoms with van der Waals surface area (Å²) < 4.78 is 4.52. The third-order valence-electron chi connectivity index (χ3n) is 1.90. The van der Waals surface area contributed by atoms with Crippen LogP contribution in [0.2, 0.25) is 0 Å². The third-order valence-corrected chi connectivity index (χ3v) is 1.90. The van der Waals surface area contributed by atoms with Gasteiger partial charge in [-0.2, -0.15) is 5.26 Å². The minimum absolute atomic E-state index is 0.114. The van der Waals surface area contributed by atoms with Gasteiger partial charge in [-0.1, -0.05) is 0 Å². The summed E-state index contributed by atoms with van der Waals surface area (Å²) in [6.45, 7) is 1.74. The van der Waals surface area contributed by atoms with E-state index in [2.05, 4.69) is 9.72 Å². The molecule has 1 heterocycles. The Hall–Kier alpha value is -1.89. The number of hydrogen-bond donors (Lipinski definition) is 0. The number of pyridine rings is 1. The van der Waals surface area contributed by atoms with Crippen molar-refractivity contribution in [1.29, 1.82) is 5.26 Å². The maximum atomic E-state index is 11.0. The second kappa shape index (κ2) is 4.38. The lowest BCUT2D eigenvalue weighted by molar-refractivity contribution is -0.139. The molecule has 0 aliphatic heterocycles. The Kier molecular flexibility index (Phi) is 3.19. The summed E-state index contributed by atoms with van der Waals surface area (Å²) in [6.07, 6.45) is 1.69. The molecule has 0 aliphatic carbocycles. The van der Waals surface area contributed by atoms with Crippen LogP contribution < -0.4 is 0 Å². The zero-order valence-electron chi connectivity index (χ0n) is 8.07. The van der Waals surface area contributed by atoms with Gasteiger partial charge in [0, 0.05) is 6.20 Å². The van der Waals surface area contributed by atoms with E-state index < -0.39 is 0 Å². The monoisotopic (exact) mass is 190 g/mol. The molecule has 0 radical (unpaired) electrons. The Morgan fingerprint density at radius 2 is 2.43 bits per heavy atom. The van der Waals surface area contributed by atoms with Crippen molar-refractivity contribution in [3.63, 3.8) is 0 Å². The molecule has 0 aromatic carbocycles. The molecule has 1 aromatic heterocycles. The second-order valence-electron chi connectivity index (χ2n) is 2.80. The molecule has 72 valence electrons. The SMILES string of the molecule is COC(=O)Cc1ccnc(C)c1C#N. The van der Waals surface area contributed by atoms with Gasteiger partial charge in [0.1, 0.15) is 6.07 Å². The first-order valence-corrected chi connectivity index (χ1v) is 4.10. The van der Waals surface area contributed by atoms with E-state index in [1.54, 1.807) is 19.2 Å². The average molecular weight is 190 g/mol. The fraction of sp³-hybridized carbons (Fsp3) is 0.300. The number of carbonyl (C=O) groups excluding carboxylic acids is 1. The maximum Gasteiger partial charge on any atom is 0.310 e. The van der Waals surface area contributed by atoms with Crippen LogP contribution in [0.15, 0.2) is 12.3 Å². The number of carbonyl (C=O) groups is 1. The van der Waals surface area contributed by atoms with E-state index in [1.807, 2.05) is 6.07 Å². The van der Waals surface area contributed by atoms with Crippen LogP contribution in [0.4, 0.5) is 0 Å². The molecule has 0 atom stereocenters. The summed E-state index contributed by atoms with van der Waals surface area (Å²) in [5.41, 5.74) is 1.75. The van der Waals surface area contributed by atoms with Gasteiger partial charge in [-0.3, -0.25) is 9.78 Å². The van der Waals surface area contributed by atoms with Crippen LogP contribution in [0.1, 0.15) is 16.8 Å². The summed E-state index contributed by atoms with van der Waals surface area (Å²) in [6, 6.07) is 3.68. The first-order chi connectivity index (χ1) is 6.69. The molecule has 0 saturated carbocycles. The van der Waals surface area contributed by atoms with Crippen molar-refractivity contribution in [3.05, 3.63) is 29.1 Å². The van der Waals surface area contributed by atoms with E-state index in [0.717, 1.165) is 0 Å². The summed E-state index contributed by atoms with van der Waals surface area (Å²) >= 11 is 0. The molecular weight excluding hydrogens is 180 g/mol. The van der Waals surface area contributed by atoms with E-state index in [-0.39, 0.29) is 12.4 Å². The van der Waals surface area contributed by atoms with Crippen molar-refractivity contribution in [2.24, 2.45) is 0 Å². The number of methoxy groups -OCH3 is 1. The van der Waals surface area contributed by atoms with Crippen LogP contribution in [-0.4, -0.2) is 18.1 Å². The van der Waals surface area contributed by atoms with Crippen molar-refractivity contribution < 1.29 is 9.53 Å². The molecule has 0 amide bonds. The van der Waals surface area contributed by atoms with Crippen LogP contribution in [0.5, 0.6) is 0 Å². The van der Waals surface area contributed by atoms with Gasteiger partial charge in [-0.15, -0.1) is 0 Å². The number of aromatic nitrogens is 1. The lowest BCUT2D eigenvalue weighted by atomic mass is 10.1. The summed E-state index contributed by atoms with van der Waals surface area (Å²) in [7, 11) is 1.32. The Labute approximate surface area is 82.1 Å². The smallest absolute Gasteiger partial charge is 0.310 e. The second-order valence-corrected chi connectivity index (χ2v) is 2.80. The first kappa shape index (κ1) is 10.2. The molecule has 0 bridgehead atoms. The molecule has 4 heteroatoms. The topological polar surface area (TPSA) is 63.0 Å². The van der Waals surface area contributed by atoms with E-state index in [4.69, 9.17) is 5.26 Å². The van der Waals surface area contributed by atoms with Crippen LogP contribution in [0, 0.1) is 18.3 Å². The number of hydrogen-bond acceptors (Lipinski definition) is 4. The summed E-state index contributed by atoms with van der Waals surface area (Å²) in [5, 5.41) is 8.84. The molecule has 0 fully saturated rings. The normalized spacial score (nSPS) is 9.21. The molecule has 0 saturated heterocycles. The van der Waals surface area contributed by atoms with Gasteiger partial charge in [0.05, 0.1) is 24.8 Å². The van der Waals surface area contributed by atoms with Crippen molar-refractivity contribution in [1.82, 2.24) is 4.98 Å². The van der Waals surface area contributed by atoms with Crippen LogP contribution in [-0.2, 0) is 16.0 Å². The molecule has 0 spiro atoms. The van der Waals surface area contributed by atoms with Gasteiger partial charge >= 0.3 is 5.97 Å². The van der Waals surface area contributed by atoms with Crippen LogP contribution >= 0.6 is 0 Å². The van der Waals surface area contributed by atoms with Gasteiger partial charge < -0.3 is 4.74 Å². The van der Waals surface area contributed by atoms with E-state index in [1.165, 1.54) is 7.11 Å². The lowest BCUT2D eigenvalue weighted by Gasteiger charge is -2.03. The number of nitrogens with zero attached hydrogens (tertiary/aromatic N) is 2. The zero-order valence-corrected chi connectivity index (χ0v) is 8.07. The highest BCUT2D eigenvalue weighted by molar-refractivity contribution is 5.73. The average Bonchev–Trinajstić information content (AvgIpc) is 2.18. The summed E-state index contributed by atoms with van der Waals surface area (Å²) in [5.74, 6) is -0.355. The zero-order chi connectivity index (χ0) is 10.6. The Balaban J connectivity index is 3.04. The van der Waals surface area contributed by atoms with E-state index in [9.17, 15) is 4.79 Å². The first-order valence-electron chi connectivity index (χ1n) is 4.10. The number of ether oxygens (including phenoxy) is 1. The molecule has 14 heavy (non-hydrogen) atoms. The standard InChI is InChI=1S/C10H10N2O2/c1-7-9(6-11)8(3-4-12-7)5-10(13)14-2/h3-4H,5H2,1-2H3. The van der Waals surface area contributed by atoms with Gasteiger partial charge in [0.2, 0.25) is 0 Å². The predicted molar refractivity (Wildman–Crippen MR) is 49.4 cm³/mol. The molecule has 0 unspecified atom stereocenters. The number of aryl methyl sites for hydroxylation is 1. The quantitative estimate of drug-likeness (QED) is 0.652. The molecule has 1 aromatic rings. The fourth-order valence-electron chi connectivity index (χ4n) is 1.15. The molecular formula is C10H10N2O2. The van der Waals surface area contributed by atoms with Crippen LogP contribution in [0.3, 0.4) is 0 Å². The van der Waals surface area contributed by atoms with E-state index in [0.29, 0.717) is 16.8 Å². The predicted octanol–water partition coefficient (Wildman–Crippen LogP) is 0.977. The number of nitriles is 1. The number of esters is 1. The fourth-order valence-corrected chi connectivity index (χ4v) is 1.15. The lowest BCUT2D eigenvalue weighted by Crippen LogP contribution is -2.07. The van der Waals surface area contributed by atoms with E-state index >= 15 is 0 Å². The highest BCUT2D eigenvalue weighted by atomic mass is 16.5. The number of rotatable bonds is 2. The van der Waals surface area contributed by atoms with Crippen molar-refractivity contribution in [2.45, 2.75) is 13.3 Å². The van der Waals surface area contributed by atoms with Crippen molar-refractivity contribution in [2.75, 3.05) is 7.11 Å². The highest BCUT2D eigenvalue weighted by Crippen LogP contribution is 2.11.